The number of rotatable bonds is 4. The number of hydrogen-bond donors (Lipinski definition) is 0. The fraction of sp³-hybridized carbons (Fsp3) is 0.0667. The number of halogens is 3. The molecule has 0 unspecified atom stereocenters. The summed E-state index contributed by atoms with van der Waals surface area (Å²) in [5.41, 5.74) is -0.0221. The summed E-state index contributed by atoms with van der Waals surface area (Å²) in [4.78, 5) is 10.3. The van der Waals surface area contributed by atoms with Crippen molar-refractivity contribution in [3.63, 3.8) is 0 Å². The van der Waals surface area contributed by atoms with Gasteiger partial charge in [-0.25, -0.2) is 13.2 Å². The van der Waals surface area contributed by atoms with Crippen LogP contribution in [-0.2, 0) is 6.42 Å². The fourth-order valence-electron chi connectivity index (χ4n) is 1.80. The van der Waals surface area contributed by atoms with Gasteiger partial charge in [0, 0.05) is 17.7 Å². The molecule has 0 saturated carbocycles. The Morgan fingerprint density at radius 1 is 1.05 bits per heavy atom. The van der Waals surface area contributed by atoms with Crippen LogP contribution in [-0.4, -0.2) is 4.92 Å². The fourth-order valence-corrected chi connectivity index (χ4v) is 1.80. The van der Waals surface area contributed by atoms with Crippen LogP contribution in [0.5, 0.6) is 0 Å². The summed E-state index contributed by atoms with van der Waals surface area (Å²) in [6.07, 6.45) is 0.858. The molecule has 3 nitrogen and oxygen atoms in total. The summed E-state index contributed by atoms with van der Waals surface area (Å²) in [7, 11) is 0. The average molecular weight is 293 g/mol. The van der Waals surface area contributed by atoms with E-state index >= 15 is 0 Å². The minimum atomic E-state index is -1.34. The first-order valence-electron chi connectivity index (χ1n) is 6.01. The van der Waals surface area contributed by atoms with Crippen molar-refractivity contribution in [2.45, 2.75) is 6.42 Å². The molecule has 0 aliphatic carbocycles. The summed E-state index contributed by atoms with van der Waals surface area (Å²) in [5, 5.41) is 11.0. The van der Waals surface area contributed by atoms with Gasteiger partial charge in [-0.05, 0) is 11.6 Å². The normalized spacial score (nSPS) is 11.5. The zero-order valence-electron chi connectivity index (χ0n) is 10.7. The molecule has 2 rings (SSSR count). The monoisotopic (exact) mass is 293 g/mol. The van der Waals surface area contributed by atoms with Crippen LogP contribution < -0.4 is 0 Å². The topological polar surface area (TPSA) is 43.1 Å². The molecule has 0 bridgehead atoms. The quantitative estimate of drug-likeness (QED) is 0.486. The van der Waals surface area contributed by atoms with E-state index in [2.05, 4.69) is 0 Å². The van der Waals surface area contributed by atoms with E-state index in [0.717, 1.165) is 6.08 Å². The molecule has 0 atom stereocenters. The molecule has 21 heavy (non-hydrogen) atoms. The van der Waals surface area contributed by atoms with Gasteiger partial charge in [-0.15, -0.1) is 0 Å². The molecule has 0 saturated heterocycles. The molecule has 2 aromatic rings. The number of hydrogen-bond acceptors (Lipinski definition) is 2. The maximum absolute atomic E-state index is 13.5. The zero-order chi connectivity index (χ0) is 15.4. The van der Waals surface area contributed by atoms with Gasteiger partial charge in [0.2, 0.25) is 0 Å². The van der Waals surface area contributed by atoms with Crippen molar-refractivity contribution in [1.82, 2.24) is 0 Å². The van der Waals surface area contributed by atoms with Crippen molar-refractivity contribution in [2.24, 2.45) is 0 Å². The Labute approximate surface area is 118 Å². The van der Waals surface area contributed by atoms with Crippen LogP contribution in [0, 0.1) is 27.6 Å². The molecule has 0 aliphatic rings. The Hall–Kier alpha value is -2.63. The van der Waals surface area contributed by atoms with Gasteiger partial charge in [0.1, 0.15) is 5.82 Å². The third-order valence-electron chi connectivity index (χ3n) is 2.82. The van der Waals surface area contributed by atoms with E-state index in [-0.39, 0.29) is 17.7 Å². The van der Waals surface area contributed by atoms with Gasteiger partial charge in [-0.2, -0.15) is 0 Å². The van der Waals surface area contributed by atoms with Crippen LogP contribution in [0.3, 0.4) is 0 Å². The molecule has 0 heterocycles. The van der Waals surface area contributed by atoms with Crippen LogP contribution in [0.15, 0.2) is 48.2 Å². The highest BCUT2D eigenvalue weighted by atomic mass is 19.2. The van der Waals surface area contributed by atoms with Crippen LogP contribution in [0.25, 0.3) is 6.08 Å². The highest BCUT2D eigenvalue weighted by Gasteiger charge is 2.15. The van der Waals surface area contributed by atoms with Crippen molar-refractivity contribution in [2.75, 3.05) is 0 Å². The summed E-state index contributed by atoms with van der Waals surface area (Å²) in [6, 6.07) is 9.50. The van der Waals surface area contributed by atoms with E-state index in [4.69, 9.17) is 0 Å². The molecule has 0 radical (unpaired) electrons. The molecular formula is C15H10F3NO2. The van der Waals surface area contributed by atoms with E-state index in [1.54, 1.807) is 30.3 Å². The lowest BCUT2D eigenvalue weighted by atomic mass is 10.1. The molecule has 0 aliphatic heterocycles. The van der Waals surface area contributed by atoms with Crippen molar-refractivity contribution in [1.29, 1.82) is 0 Å². The van der Waals surface area contributed by atoms with E-state index < -0.39 is 22.4 Å². The Morgan fingerprint density at radius 3 is 2.29 bits per heavy atom. The molecule has 0 fully saturated rings. The standard InChI is InChI=1S/C15H10F3NO2/c16-13-9-15(18)14(17)8-11(13)7-12(19(20)21)6-10-4-2-1-3-5-10/h1-5,7-9H,6H2/b12-7+. The second-order valence-corrected chi connectivity index (χ2v) is 4.34. The van der Waals surface area contributed by atoms with Crippen molar-refractivity contribution in [3.8, 4) is 0 Å². The van der Waals surface area contributed by atoms with E-state index in [1.165, 1.54) is 0 Å². The smallest absolute Gasteiger partial charge is 0.251 e. The molecular weight excluding hydrogens is 283 g/mol. The van der Waals surface area contributed by atoms with Gasteiger partial charge in [0.15, 0.2) is 11.6 Å². The predicted molar refractivity (Wildman–Crippen MR) is 71.4 cm³/mol. The Balaban J connectivity index is 2.39. The van der Waals surface area contributed by atoms with E-state index in [1.807, 2.05) is 0 Å². The molecule has 0 spiro atoms. The lowest BCUT2D eigenvalue weighted by molar-refractivity contribution is -0.425. The van der Waals surface area contributed by atoms with Gasteiger partial charge in [0.05, 0.1) is 11.3 Å². The Kier molecular flexibility index (Phi) is 4.37. The maximum Gasteiger partial charge on any atom is 0.251 e. The summed E-state index contributed by atoms with van der Waals surface area (Å²) in [5.74, 6) is -3.65. The summed E-state index contributed by atoms with van der Waals surface area (Å²) < 4.78 is 39.4. The average Bonchev–Trinajstić information content (AvgIpc) is 2.44. The van der Waals surface area contributed by atoms with Gasteiger partial charge in [-0.3, -0.25) is 10.1 Å². The second kappa shape index (κ2) is 6.21. The molecule has 0 amide bonds. The lowest BCUT2D eigenvalue weighted by Gasteiger charge is -2.02. The number of benzene rings is 2. The number of nitrogens with zero attached hydrogens (tertiary/aromatic N) is 1. The first kappa shape index (κ1) is 14.8. The van der Waals surface area contributed by atoms with Gasteiger partial charge >= 0.3 is 0 Å². The first-order valence-corrected chi connectivity index (χ1v) is 6.01. The molecule has 108 valence electrons. The first-order chi connectivity index (χ1) is 9.97. The molecule has 6 heteroatoms. The highest BCUT2D eigenvalue weighted by molar-refractivity contribution is 5.52. The minimum absolute atomic E-state index is 0.0493. The minimum Gasteiger partial charge on any atom is -0.259 e. The molecule has 2 aromatic carbocycles. The van der Waals surface area contributed by atoms with E-state index in [0.29, 0.717) is 17.7 Å². The van der Waals surface area contributed by atoms with Crippen molar-refractivity contribution < 1.29 is 18.1 Å². The Morgan fingerprint density at radius 2 is 1.67 bits per heavy atom. The van der Waals surface area contributed by atoms with E-state index in [9.17, 15) is 23.3 Å². The third kappa shape index (κ3) is 3.68. The van der Waals surface area contributed by atoms with Crippen LogP contribution in [0.4, 0.5) is 13.2 Å². The lowest BCUT2D eigenvalue weighted by Crippen LogP contribution is -2.03. The SMILES string of the molecule is O=[N+]([O-])/C(=C/c1cc(F)c(F)cc1F)Cc1ccccc1. The summed E-state index contributed by atoms with van der Waals surface area (Å²) >= 11 is 0. The van der Waals surface area contributed by atoms with Crippen LogP contribution in [0.2, 0.25) is 0 Å². The van der Waals surface area contributed by atoms with Gasteiger partial charge in [-0.1, -0.05) is 30.3 Å². The zero-order valence-corrected chi connectivity index (χ0v) is 10.7. The number of allylic oxidation sites excluding steroid dienone is 1. The van der Waals surface area contributed by atoms with Gasteiger partial charge < -0.3 is 0 Å². The predicted octanol–water partition coefficient (Wildman–Crippen LogP) is 3.96. The van der Waals surface area contributed by atoms with Gasteiger partial charge in [0.25, 0.3) is 5.70 Å². The second-order valence-electron chi connectivity index (χ2n) is 4.34. The van der Waals surface area contributed by atoms with Crippen LogP contribution >= 0.6 is 0 Å². The van der Waals surface area contributed by atoms with Crippen molar-refractivity contribution >= 4 is 6.08 Å². The third-order valence-corrected chi connectivity index (χ3v) is 2.82. The maximum atomic E-state index is 13.5. The Bertz CT molecular complexity index is 700. The number of nitro groups is 1. The summed E-state index contributed by atoms with van der Waals surface area (Å²) in [6.45, 7) is 0. The van der Waals surface area contributed by atoms with Crippen molar-refractivity contribution in [3.05, 3.63) is 86.9 Å². The largest absolute Gasteiger partial charge is 0.259 e. The molecule has 0 N–H and O–H groups in total. The highest BCUT2D eigenvalue weighted by Crippen LogP contribution is 2.19. The molecule has 0 aromatic heterocycles. The van der Waals surface area contributed by atoms with Crippen LogP contribution in [0.1, 0.15) is 11.1 Å².